The van der Waals surface area contributed by atoms with Crippen LogP contribution in [0.3, 0.4) is 0 Å². The Labute approximate surface area is 145 Å². The molecule has 0 aliphatic rings. The van der Waals surface area contributed by atoms with Gasteiger partial charge in [0.25, 0.3) is 0 Å². The van der Waals surface area contributed by atoms with Gasteiger partial charge >= 0.3 is 12.1 Å². The number of carbonyl (C=O) groups is 1. The van der Waals surface area contributed by atoms with E-state index in [0.717, 1.165) is 16.5 Å². The quantitative estimate of drug-likeness (QED) is 0.650. The number of aromatic carboxylic acids is 1. The Bertz CT molecular complexity index is 918. The Hall–Kier alpha value is -2.98. The summed E-state index contributed by atoms with van der Waals surface area (Å²) < 4.78 is 39.2. The van der Waals surface area contributed by atoms with E-state index < -0.39 is 34.2 Å². The molecule has 25 heavy (non-hydrogen) atoms. The number of hydrogen-bond acceptors (Lipinski definition) is 2. The van der Waals surface area contributed by atoms with Crippen LogP contribution in [0, 0.1) is 12.3 Å². The van der Waals surface area contributed by atoms with Crippen molar-refractivity contribution in [1.29, 1.82) is 0 Å². The first-order valence-electron chi connectivity index (χ1n) is 6.75. The van der Waals surface area contributed by atoms with Gasteiger partial charge < -0.3 is 5.11 Å². The first-order valence-corrected chi connectivity index (χ1v) is 7.13. The summed E-state index contributed by atoms with van der Waals surface area (Å²) in [6.45, 7) is 0. The second-order valence-electron chi connectivity index (χ2n) is 4.64. The van der Waals surface area contributed by atoms with Crippen LogP contribution >= 0.6 is 11.6 Å². The molecule has 0 radical (unpaired) electrons. The predicted octanol–water partition coefficient (Wildman–Crippen LogP) is 4.37. The molecule has 2 heterocycles. The van der Waals surface area contributed by atoms with E-state index in [1.54, 1.807) is 0 Å². The zero-order chi connectivity index (χ0) is 18.6. The molecule has 0 amide bonds. The molecule has 0 aliphatic carbocycles. The summed E-state index contributed by atoms with van der Waals surface area (Å²) in [6, 6.07) is 13.8. The van der Waals surface area contributed by atoms with Crippen LogP contribution in [0.5, 0.6) is 0 Å². The van der Waals surface area contributed by atoms with Crippen molar-refractivity contribution in [3.63, 3.8) is 0 Å². The van der Waals surface area contributed by atoms with Crippen molar-refractivity contribution in [2.45, 2.75) is 6.18 Å². The van der Waals surface area contributed by atoms with Crippen molar-refractivity contribution in [3.05, 3.63) is 70.6 Å². The Morgan fingerprint density at radius 1 is 1.16 bits per heavy atom. The molecule has 0 saturated heterocycles. The summed E-state index contributed by atoms with van der Waals surface area (Å²) in [5.74, 6) is 0.583. The van der Waals surface area contributed by atoms with E-state index in [0.29, 0.717) is 0 Å². The van der Waals surface area contributed by atoms with Crippen LogP contribution in [0.4, 0.5) is 13.2 Å². The van der Waals surface area contributed by atoms with E-state index in [-0.39, 0.29) is 5.69 Å². The van der Waals surface area contributed by atoms with Gasteiger partial charge in [-0.2, -0.15) is 13.2 Å². The van der Waals surface area contributed by atoms with Crippen molar-refractivity contribution in [2.75, 3.05) is 0 Å². The van der Waals surface area contributed by atoms with Crippen molar-refractivity contribution in [3.8, 4) is 12.3 Å². The molecule has 0 aliphatic heterocycles. The minimum Gasteiger partial charge on any atom is -0.476 e. The average molecular weight is 367 g/mol. The molecule has 128 valence electrons. The summed E-state index contributed by atoms with van der Waals surface area (Å²) in [5, 5.41) is 8.36. The number of pyridine rings is 1. The molecular weight excluding hydrogens is 357 g/mol. The number of imidazole rings is 1. The van der Waals surface area contributed by atoms with E-state index in [1.807, 2.05) is 36.4 Å². The molecule has 4 nitrogen and oxygen atoms in total. The smallest absolute Gasteiger partial charge is 0.419 e. The lowest BCUT2D eigenvalue weighted by Gasteiger charge is -2.09. The fraction of sp³-hybridized carbons (Fsp3) is 0.0588. The number of hydrogen-bond donors (Lipinski definition) is 1. The first kappa shape index (κ1) is 18.4. The van der Waals surface area contributed by atoms with Gasteiger partial charge in [-0.3, -0.25) is 4.40 Å². The lowest BCUT2D eigenvalue weighted by Crippen LogP contribution is -2.09. The van der Waals surface area contributed by atoms with Gasteiger partial charge in [-0.05, 0) is 12.1 Å². The maximum Gasteiger partial charge on any atom is 0.419 e. The highest BCUT2D eigenvalue weighted by Crippen LogP contribution is 2.34. The molecule has 1 aromatic carbocycles. The third-order valence-electron chi connectivity index (χ3n) is 3.03. The van der Waals surface area contributed by atoms with Crippen molar-refractivity contribution < 1.29 is 23.1 Å². The normalized spacial score (nSPS) is 10.7. The van der Waals surface area contributed by atoms with Gasteiger partial charge in [-0.25, -0.2) is 9.78 Å². The second kappa shape index (κ2) is 7.28. The first-order chi connectivity index (χ1) is 11.8. The van der Waals surface area contributed by atoms with Gasteiger partial charge in [-0.15, -0.1) is 6.42 Å². The molecule has 3 aromatic rings. The molecular formula is C17H10ClF3N2O2. The van der Waals surface area contributed by atoms with Gasteiger partial charge in [0.2, 0.25) is 0 Å². The highest BCUT2D eigenvalue weighted by molar-refractivity contribution is 6.32. The van der Waals surface area contributed by atoms with Gasteiger partial charge in [-0.1, -0.05) is 53.9 Å². The fourth-order valence-electron chi connectivity index (χ4n) is 1.97. The van der Waals surface area contributed by atoms with E-state index in [9.17, 15) is 18.0 Å². The molecule has 0 spiro atoms. The largest absolute Gasteiger partial charge is 0.476 e. The Balaban J connectivity index is 0.000000316. The van der Waals surface area contributed by atoms with E-state index in [2.05, 4.69) is 10.9 Å². The number of halogens is 4. The van der Waals surface area contributed by atoms with Crippen LogP contribution in [-0.4, -0.2) is 20.5 Å². The van der Waals surface area contributed by atoms with Crippen LogP contribution in [0.25, 0.3) is 5.65 Å². The van der Waals surface area contributed by atoms with Crippen LogP contribution in [-0.2, 0) is 6.18 Å². The van der Waals surface area contributed by atoms with Gasteiger partial charge in [0.15, 0.2) is 11.3 Å². The van der Waals surface area contributed by atoms with Crippen molar-refractivity contribution >= 4 is 23.2 Å². The number of rotatable bonds is 1. The highest BCUT2D eigenvalue weighted by atomic mass is 35.5. The zero-order valence-electron chi connectivity index (χ0n) is 12.5. The summed E-state index contributed by atoms with van der Waals surface area (Å²) in [4.78, 5) is 14.3. The third-order valence-corrected chi connectivity index (χ3v) is 3.38. The molecule has 0 bridgehead atoms. The predicted molar refractivity (Wildman–Crippen MR) is 86.5 cm³/mol. The van der Waals surface area contributed by atoms with Crippen molar-refractivity contribution in [2.24, 2.45) is 0 Å². The fourth-order valence-corrected chi connectivity index (χ4v) is 2.26. The molecule has 2 aromatic heterocycles. The maximum atomic E-state index is 12.8. The van der Waals surface area contributed by atoms with Crippen LogP contribution < -0.4 is 0 Å². The highest BCUT2D eigenvalue weighted by Gasteiger charge is 2.35. The second-order valence-corrected chi connectivity index (χ2v) is 5.00. The topological polar surface area (TPSA) is 54.6 Å². The summed E-state index contributed by atoms with van der Waals surface area (Å²) in [7, 11) is 0. The molecule has 0 atom stereocenters. The zero-order valence-corrected chi connectivity index (χ0v) is 13.2. The van der Waals surface area contributed by atoms with Gasteiger partial charge in [0, 0.05) is 0 Å². The number of alkyl halides is 3. The number of nitrogens with zero attached hydrogens (tertiary/aromatic N) is 2. The van der Waals surface area contributed by atoms with Crippen LogP contribution in [0.15, 0.2) is 48.5 Å². The number of carboxylic acids is 1. The average Bonchev–Trinajstić information content (AvgIpc) is 2.93. The molecule has 0 saturated carbocycles. The number of fused-ring (bicyclic) bond motifs is 1. The Morgan fingerprint density at radius 2 is 1.68 bits per heavy atom. The lowest BCUT2D eigenvalue weighted by atomic mass is 10.2. The molecule has 8 heteroatoms. The van der Waals surface area contributed by atoms with Gasteiger partial charge in [0.1, 0.15) is 5.15 Å². The number of terminal acetylenes is 1. The minimum absolute atomic E-state index is 0.0204. The summed E-state index contributed by atoms with van der Waals surface area (Å²) in [5.41, 5.74) is -2.45. The van der Waals surface area contributed by atoms with E-state index >= 15 is 0 Å². The third kappa shape index (κ3) is 3.92. The van der Waals surface area contributed by atoms with Gasteiger partial charge in [0.05, 0.1) is 11.3 Å². The molecule has 0 fully saturated rings. The van der Waals surface area contributed by atoms with Crippen LogP contribution in [0.2, 0.25) is 5.15 Å². The molecule has 1 N–H and O–H groups in total. The maximum absolute atomic E-state index is 12.8. The molecule has 0 unspecified atom stereocenters. The standard InChI is InChI=1S/C11H4ClF3N2O2.C6H6/c1-2-5-3-4-6(11(13,14)15)9-16-7(10(18)19)8(12)17(5)9;1-2-4-6-5-3-1/h1,3-4H,(H,18,19);1-6H. The number of aromatic nitrogens is 2. The summed E-state index contributed by atoms with van der Waals surface area (Å²) in [6.07, 6.45) is 0.448. The van der Waals surface area contributed by atoms with Crippen molar-refractivity contribution in [1.82, 2.24) is 9.38 Å². The molecule has 3 rings (SSSR count). The van der Waals surface area contributed by atoms with E-state index in [4.69, 9.17) is 23.1 Å². The minimum atomic E-state index is -4.70. The monoisotopic (exact) mass is 366 g/mol. The Kier molecular flexibility index (Phi) is 5.35. The lowest BCUT2D eigenvalue weighted by molar-refractivity contribution is -0.136. The summed E-state index contributed by atoms with van der Waals surface area (Å²) >= 11 is 5.71. The SMILES string of the molecule is C#Cc1ccc(C(F)(F)F)c2nc(C(=O)O)c(Cl)n12.c1ccccc1. The van der Waals surface area contributed by atoms with E-state index in [1.165, 1.54) is 0 Å². The van der Waals surface area contributed by atoms with Crippen LogP contribution in [0.1, 0.15) is 21.7 Å². The number of carboxylic acid groups (broad SMARTS) is 1. The number of benzene rings is 1. The Morgan fingerprint density at radius 3 is 2.08 bits per heavy atom.